The summed E-state index contributed by atoms with van der Waals surface area (Å²) in [5, 5.41) is 0.807. The van der Waals surface area contributed by atoms with Crippen LogP contribution in [-0.4, -0.2) is 15.3 Å². The summed E-state index contributed by atoms with van der Waals surface area (Å²) in [6, 6.07) is 4.84. The monoisotopic (exact) mass is 282 g/mol. The number of halogens is 2. The average Bonchev–Trinajstić information content (AvgIpc) is 2.80. The van der Waals surface area contributed by atoms with E-state index in [0.717, 1.165) is 13.0 Å². The van der Waals surface area contributed by atoms with E-state index in [1.165, 1.54) is 0 Å². The minimum absolute atomic E-state index is 0.146. The summed E-state index contributed by atoms with van der Waals surface area (Å²) in [6.07, 6.45) is 4.37. The molecular weight excluding hydrogens is 271 g/mol. The van der Waals surface area contributed by atoms with Crippen molar-refractivity contribution in [2.24, 2.45) is 0 Å². The molecule has 5 heteroatoms. The van der Waals surface area contributed by atoms with Crippen molar-refractivity contribution in [3.05, 3.63) is 52.0 Å². The van der Waals surface area contributed by atoms with Crippen molar-refractivity contribution in [1.29, 1.82) is 0 Å². The molecule has 0 atom stereocenters. The molecule has 0 aliphatic heterocycles. The Morgan fingerprint density at radius 1 is 1.33 bits per heavy atom. The van der Waals surface area contributed by atoms with Gasteiger partial charge in [0.05, 0.1) is 10.0 Å². The van der Waals surface area contributed by atoms with Crippen LogP contribution in [-0.2, 0) is 6.54 Å². The van der Waals surface area contributed by atoms with Crippen LogP contribution >= 0.6 is 23.2 Å². The normalized spacial score (nSPS) is 10.6. The molecule has 0 radical (unpaired) electrons. The predicted octanol–water partition coefficient (Wildman–Crippen LogP) is 3.83. The third kappa shape index (κ3) is 2.57. The summed E-state index contributed by atoms with van der Waals surface area (Å²) >= 11 is 11.7. The molecule has 0 unspecified atom stereocenters. The number of aryl methyl sites for hydroxylation is 1. The maximum Gasteiger partial charge on any atom is 0.228 e. The molecule has 0 aliphatic carbocycles. The summed E-state index contributed by atoms with van der Waals surface area (Å²) < 4.78 is 1.84. The standard InChI is InChI=1S/C13H12Cl2N2O/c1-2-6-17-7-5-16-13(17)12(18)9-3-4-10(14)11(15)8-9/h3-5,7-8H,2,6H2,1H3. The quantitative estimate of drug-likeness (QED) is 0.799. The summed E-state index contributed by atoms with van der Waals surface area (Å²) in [4.78, 5) is 16.4. The second kappa shape index (κ2) is 5.55. The highest BCUT2D eigenvalue weighted by Crippen LogP contribution is 2.23. The highest BCUT2D eigenvalue weighted by atomic mass is 35.5. The first-order valence-electron chi connectivity index (χ1n) is 5.64. The molecular formula is C13H12Cl2N2O. The largest absolute Gasteiger partial charge is 0.328 e. The molecule has 0 fully saturated rings. The van der Waals surface area contributed by atoms with Gasteiger partial charge < -0.3 is 4.57 Å². The van der Waals surface area contributed by atoms with Crippen LogP contribution in [0.25, 0.3) is 0 Å². The van der Waals surface area contributed by atoms with E-state index in [0.29, 0.717) is 21.4 Å². The molecule has 3 nitrogen and oxygen atoms in total. The third-order valence-electron chi connectivity index (χ3n) is 2.56. The van der Waals surface area contributed by atoms with Gasteiger partial charge in [-0.3, -0.25) is 4.79 Å². The maximum atomic E-state index is 12.3. The van der Waals surface area contributed by atoms with Gasteiger partial charge in [0.25, 0.3) is 0 Å². The highest BCUT2D eigenvalue weighted by molar-refractivity contribution is 6.42. The SMILES string of the molecule is CCCn1ccnc1C(=O)c1ccc(Cl)c(Cl)c1. The first-order valence-corrected chi connectivity index (χ1v) is 6.40. The van der Waals surface area contributed by atoms with Gasteiger partial charge in [0.1, 0.15) is 0 Å². The Hall–Kier alpha value is -1.32. The van der Waals surface area contributed by atoms with Crippen molar-refractivity contribution >= 4 is 29.0 Å². The van der Waals surface area contributed by atoms with Gasteiger partial charge in [-0.05, 0) is 24.6 Å². The second-order valence-electron chi connectivity index (χ2n) is 3.90. The first-order chi connectivity index (χ1) is 8.63. The van der Waals surface area contributed by atoms with E-state index in [2.05, 4.69) is 4.98 Å². The number of nitrogens with zero attached hydrogens (tertiary/aromatic N) is 2. The smallest absolute Gasteiger partial charge is 0.228 e. The number of rotatable bonds is 4. The maximum absolute atomic E-state index is 12.3. The van der Waals surface area contributed by atoms with Gasteiger partial charge in [-0.15, -0.1) is 0 Å². The fourth-order valence-corrected chi connectivity index (χ4v) is 2.00. The summed E-state index contributed by atoms with van der Waals surface area (Å²) in [6.45, 7) is 2.82. The molecule has 18 heavy (non-hydrogen) atoms. The lowest BCUT2D eigenvalue weighted by atomic mass is 10.1. The molecule has 0 aliphatic rings. The topological polar surface area (TPSA) is 34.9 Å². The van der Waals surface area contributed by atoms with Crippen molar-refractivity contribution in [3.63, 3.8) is 0 Å². The first kappa shape index (κ1) is 13.1. The Morgan fingerprint density at radius 3 is 2.78 bits per heavy atom. The van der Waals surface area contributed by atoms with Crippen LogP contribution in [0.3, 0.4) is 0 Å². The van der Waals surface area contributed by atoms with Gasteiger partial charge in [0.2, 0.25) is 5.78 Å². The third-order valence-corrected chi connectivity index (χ3v) is 3.30. The summed E-state index contributed by atoms with van der Waals surface area (Å²) in [5.74, 6) is 0.280. The Morgan fingerprint density at radius 2 is 2.11 bits per heavy atom. The van der Waals surface area contributed by atoms with Crippen LogP contribution < -0.4 is 0 Å². The van der Waals surface area contributed by atoms with E-state index in [1.807, 2.05) is 11.5 Å². The van der Waals surface area contributed by atoms with Gasteiger partial charge in [0, 0.05) is 24.5 Å². The lowest BCUT2D eigenvalue weighted by Gasteiger charge is -2.06. The van der Waals surface area contributed by atoms with Gasteiger partial charge in [-0.25, -0.2) is 4.98 Å². The molecule has 0 bridgehead atoms. The van der Waals surface area contributed by atoms with Crippen LogP contribution in [0.4, 0.5) is 0 Å². The number of carbonyl (C=O) groups excluding carboxylic acids is 1. The fourth-order valence-electron chi connectivity index (χ4n) is 1.71. The molecule has 1 heterocycles. The number of carbonyl (C=O) groups is 1. The van der Waals surface area contributed by atoms with Crippen LogP contribution in [0.5, 0.6) is 0 Å². The number of ketones is 1. The zero-order valence-corrected chi connectivity index (χ0v) is 11.4. The van der Waals surface area contributed by atoms with Gasteiger partial charge >= 0.3 is 0 Å². The van der Waals surface area contributed by atoms with Crippen LogP contribution in [0.1, 0.15) is 29.5 Å². The number of aromatic nitrogens is 2. The molecule has 0 N–H and O–H groups in total. The Balaban J connectivity index is 2.35. The van der Waals surface area contributed by atoms with Crippen LogP contribution in [0.2, 0.25) is 10.0 Å². The number of hydrogen-bond donors (Lipinski definition) is 0. The lowest BCUT2D eigenvalue weighted by molar-refractivity contribution is 0.102. The zero-order chi connectivity index (χ0) is 13.1. The minimum atomic E-state index is -0.146. The molecule has 0 saturated heterocycles. The zero-order valence-electron chi connectivity index (χ0n) is 9.86. The number of benzene rings is 1. The molecule has 0 saturated carbocycles. The molecule has 0 amide bonds. The molecule has 2 aromatic rings. The van der Waals surface area contributed by atoms with Crippen molar-refractivity contribution in [1.82, 2.24) is 9.55 Å². The van der Waals surface area contributed by atoms with Gasteiger partial charge in [-0.1, -0.05) is 30.1 Å². The van der Waals surface area contributed by atoms with E-state index in [1.54, 1.807) is 30.6 Å². The summed E-state index contributed by atoms with van der Waals surface area (Å²) in [7, 11) is 0. The average molecular weight is 283 g/mol. The van der Waals surface area contributed by atoms with E-state index >= 15 is 0 Å². The Labute approximate surface area is 115 Å². The second-order valence-corrected chi connectivity index (χ2v) is 4.72. The number of hydrogen-bond acceptors (Lipinski definition) is 2. The predicted molar refractivity (Wildman–Crippen MR) is 72.4 cm³/mol. The van der Waals surface area contributed by atoms with Crippen LogP contribution in [0.15, 0.2) is 30.6 Å². The van der Waals surface area contributed by atoms with Crippen molar-refractivity contribution < 1.29 is 4.79 Å². The molecule has 1 aromatic heterocycles. The van der Waals surface area contributed by atoms with Crippen molar-refractivity contribution in [3.8, 4) is 0 Å². The fraction of sp³-hybridized carbons (Fsp3) is 0.231. The van der Waals surface area contributed by atoms with E-state index < -0.39 is 0 Å². The van der Waals surface area contributed by atoms with Crippen molar-refractivity contribution in [2.45, 2.75) is 19.9 Å². The summed E-state index contributed by atoms with van der Waals surface area (Å²) in [5.41, 5.74) is 0.493. The minimum Gasteiger partial charge on any atom is -0.328 e. The van der Waals surface area contributed by atoms with Gasteiger partial charge in [0.15, 0.2) is 5.82 Å². The Bertz CT molecular complexity index is 578. The van der Waals surface area contributed by atoms with Crippen LogP contribution in [0, 0.1) is 0 Å². The molecule has 94 valence electrons. The van der Waals surface area contributed by atoms with E-state index in [9.17, 15) is 4.79 Å². The lowest BCUT2D eigenvalue weighted by Crippen LogP contribution is -2.11. The number of imidazole rings is 1. The molecule has 1 aromatic carbocycles. The Kier molecular flexibility index (Phi) is 4.04. The van der Waals surface area contributed by atoms with E-state index in [4.69, 9.17) is 23.2 Å². The van der Waals surface area contributed by atoms with E-state index in [-0.39, 0.29) is 5.78 Å². The molecule has 2 rings (SSSR count). The molecule has 0 spiro atoms. The van der Waals surface area contributed by atoms with Crippen molar-refractivity contribution in [2.75, 3.05) is 0 Å². The highest BCUT2D eigenvalue weighted by Gasteiger charge is 2.15. The van der Waals surface area contributed by atoms with Gasteiger partial charge in [-0.2, -0.15) is 0 Å².